The van der Waals surface area contributed by atoms with E-state index >= 15 is 0 Å². The normalized spacial score (nSPS) is 11.9. The molecule has 1 atom stereocenters. The number of rotatable bonds is 4. The fraction of sp³-hybridized carbons (Fsp3) is 0.154. The summed E-state index contributed by atoms with van der Waals surface area (Å²) in [6, 6.07) is 5.00. The molecule has 0 radical (unpaired) electrons. The van der Waals surface area contributed by atoms with E-state index in [0.29, 0.717) is 0 Å². The van der Waals surface area contributed by atoms with Crippen LogP contribution in [0.2, 0.25) is 0 Å². The zero-order valence-corrected chi connectivity index (χ0v) is 11.7. The van der Waals surface area contributed by atoms with Crippen LogP contribution in [-0.4, -0.2) is 16.1 Å². The van der Waals surface area contributed by atoms with Crippen molar-refractivity contribution in [1.29, 1.82) is 0 Å². The van der Waals surface area contributed by atoms with Gasteiger partial charge < -0.3 is 5.32 Å². The highest BCUT2D eigenvalue weighted by molar-refractivity contribution is 7.08. The second-order valence-corrected chi connectivity index (χ2v) is 5.06. The van der Waals surface area contributed by atoms with E-state index in [1.165, 1.54) is 23.6 Å². The van der Waals surface area contributed by atoms with Gasteiger partial charge in [-0.1, -0.05) is 0 Å². The van der Waals surface area contributed by atoms with Crippen LogP contribution in [-0.2, 0) is 4.79 Å². The molecule has 0 aromatic carbocycles. The summed E-state index contributed by atoms with van der Waals surface area (Å²) in [7, 11) is 0. The molecule has 0 aliphatic rings. The van der Waals surface area contributed by atoms with Gasteiger partial charge in [0.1, 0.15) is 5.82 Å². The molecule has 0 bridgehead atoms. The van der Waals surface area contributed by atoms with Crippen LogP contribution in [0.3, 0.4) is 0 Å². The Morgan fingerprint density at radius 1 is 1.42 bits per heavy atom. The van der Waals surface area contributed by atoms with Gasteiger partial charge in [-0.05, 0) is 53.0 Å². The SMILES string of the molecule is CC(C(=O)Nc1ncccc1C(=O)Cl)c1ccsc1. The van der Waals surface area contributed by atoms with Gasteiger partial charge in [-0.2, -0.15) is 11.3 Å². The van der Waals surface area contributed by atoms with Gasteiger partial charge in [0.25, 0.3) is 5.24 Å². The van der Waals surface area contributed by atoms with E-state index in [1.54, 1.807) is 13.0 Å². The van der Waals surface area contributed by atoms with Crippen molar-refractivity contribution in [2.75, 3.05) is 5.32 Å². The monoisotopic (exact) mass is 294 g/mol. The van der Waals surface area contributed by atoms with E-state index < -0.39 is 5.24 Å². The largest absolute Gasteiger partial charge is 0.310 e. The van der Waals surface area contributed by atoms with Crippen molar-refractivity contribution < 1.29 is 9.59 Å². The second kappa shape index (κ2) is 5.95. The predicted molar refractivity (Wildman–Crippen MR) is 75.8 cm³/mol. The lowest BCUT2D eigenvalue weighted by atomic mass is 10.0. The molecule has 4 nitrogen and oxygen atoms in total. The van der Waals surface area contributed by atoms with Gasteiger partial charge in [0.2, 0.25) is 5.91 Å². The number of carbonyl (C=O) groups excluding carboxylic acids is 2. The minimum atomic E-state index is -0.647. The zero-order valence-electron chi connectivity index (χ0n) is 10.1. The molecule has 0 spiro atoms. The van der Waals surface area contributed by atoms with Crippen molar-refractivity contribution in [3.8, 4) is 0 Å². The molecular weight excluding hydrogens is 284 g/mol. The van der Waals surface area contributed by atoms with Crippen LogP contribution in [0.15, 0.2) is 35.2 Å². The number of aromatic nitrogens is 1. The van der Waals surface area contributed by atoms with Crippen LogP contribution in [0.4, 0.5) is 5.82 Å². The van der Waals surface area contributed by atoms with Crippen LogP contribution in [0.5, 0.6) is 0 Å². The number of thiophene rings is 1. The summed E-state index contributed by atoms with van der Waals surface area (Å²) in [5.41, 5.74) is 1.12. The Bertz CT molecular complexity index is 598. The number of carbonyl (C=O) groups is 2. The number of hydrogen-bond acceptors (Lipinski definition) is 4. The second-order valence-electron chi connectivity index (χ2n) is 3.94. The molecule has 0 saturated carbocycles. The number of amides is 1. The van der Waals surface area contributed by atoms with E-state index in [9.17, 15) is 9.59 Å². The third kappa shape index (κ3) is 3.19. The molecule has 1 unspecified atom stereocenters. The standard InChI is InChI=1S/C13H11ClN2O2S/c1-8(9-4-6-19-7-9)13(18)16-12-10(11(14)17)3-2-5-15-12/h2-8H,1H3,(H,15,16,18). The lowest BCUT2D eigenvalue weighted by Gasteiger charge is -2.11. The molecule has 98 valence electrons. The molecule has 6 heteroatoms. The first-order chi connectivity index (χ1) is 9.09. The number of anilines is 1. The summed E-state index contributed by atoms with van der Waals surface area (Å²) in [5, 5.41) is 5.81. The van der Waals surface area contributed by atoms with Gasteiger partial charge in [-0.15, -0.1) is 0 Å². The first kappa shape index (κ1) is 13.7. The molecule has 0 aliphatic heterocycles. The quantitative estimate of drug-likeness (QED) is 0.881. The highest BCUT2D eigenvalue weighted by atomic mass is 35.5. The highest BCUT2D eigenvalue weighted by Gasteiger charge is 2.18. The highest BCUT2D eigenvalue weighted by Crippen LogP contribution is 2.21. The molecule has 0 saturated heterocycles. The first-order valence-corrected chi connectivity index (χ1v) is 6.89. The molecule has 2 aromatic heterocycles. The maximum absolute atomic E-state index is 12.1. The molecule has 0 aliphatic carbocycles. The maximum Gasteiger partial charge on any atom is 0.256 e. The van der Waals surface area contributed by atoms with Gasteiger partial charge in [0.15, 0.2) is 0 Å². The molecule has 0 fully saturated rings. The average Bonchev–Trinajstić information content (AvgIpc) is 2.92. The predicted octanol–water partition coefficient (Wildman–Crippen LogP) is 3.26. The number of hydrogen-bond donors (Lipinski definition) is 1. The van der Waals surface area contributed by atoms with Gasteiger partial charge in [-0.25, -0.2) is 4.98 Å². The summed E-state index contributed by atoms with van der Waals surface area (Å²) in [5.74, 6) is -0.350. The zero-order chi connectivity index (χ0) is 13.8. The van der Waals surface area contributed by atoms with Crippen molar-refractivity contribution in [2.45, 2.75) is 12.8 Å². The lowest BCUT2D eigenvalue weighted by Crippen LogP contribution is -2.20. The Morgan fingerprint density at radius 2 is 2.21 bits per heavy atom. The minimum Gasteiger partial charge on any atom is -0.310 e. The summed E-state index contributed by atoms with van der Waals surface area (Å²) in [6.07, 6.45) is 1.49. The van der Waals surface area contributed by atoms with E-state index in [2.05, 4.69) is 10.3 Å². The Kier molecular flexibility index (Phi) is 4.29. The molecule has 1 amide bonds. The third-order valence-corrected chi connectivity index (χ3v) is 3.60. The van der Waals surface area contributed by atoms with E-state index in [1.807, 2.05) is 16.8 Å². The Morgan fingerprint density at radius 3 is 2.84 bits per heavy atom. The van der Waals surface area contributed by atoms with Crippen molar-refractivity contribution in [2.24, 2.45) is 0 Å². The summed E-state index contributed by atoms with van der Waals surface area (Å²) < 4.78 is 0. The van der Waals surface area contributed by atoms with Crippen LogP contribution >= 0.6 is 22.9 Å². The van der Waals surface area contributed by atoms with Gasteiger partial charge in [-0.3, -0.25) is 9.59 Å². The summed E-state index contributed by atoms with van der Waals surface area (Å²) in [6.45, 7) is 1.79. The number of pyridine rings is 1. The Balaban J connectivity index is 2.18. The molecule has 19 heavy (non-hydrogen) atoms. The minimum absolute atomic E-state index is 0.189. The number of nitrogens with zero attached hydrogens (tertiary/aromatic N) is 1. The van der Waals surface area contributed by atoms with Crippen molar-refractivity contribution in [1.82, 2.24) is 4.98 Å². The summed E-state index contributed by atoms with van der Waals surface area (Å²) in [4.78, 5) is 27.3. The van der Waals surface area contributed by atoms with Crippen LogP contribution in [0.1, 0.15) is 28.8 Å². The molecular formula is C13H11ClN2O2S. The van der Waals surface area contributed by atoms with Gasteiger partial charge in [0.05, 0.1) is 11.5 Å². The van der Waals surface area contributed by atoms with E-state index in [4.69, 9.17) is 11.6 Å². The average molecular weight is 295 g/mol. The molecule has 2 rings (SSSR count). The fourth-order valence-corrected chi connectivity index (χ4v) is 2.47. The van der Waals surface area contributed by atoms with Crippen molar-refractivity contribution >= 4 is 39.9 Å². The summed E-state index contributed by atoms with van der Waals surface area (Å²) >= 11 is 6.97. The van der Waals surface area contributed by atoms with E-state index in [0.717, 1.165) is 5.56 Å². The maximum atomic E-state index is 12.1. The van der Waals surface area contributed by atoms with Gasteiger partial charge >= 0.3 is 0 Å². The van der Waals surface area contributed by atoms with Crippen LogP contribution < -0.4 is 5.32 Å². The lowest BCUT2D eigenvalue weighted by molar-refractivity contribution is -0.117. The Labute approximate surface area is 119 Å². The molecule has 2 aromatic rings. The van der Waals surface area contributed by atoms with E-state index in [-0.39, 0.29) is 23.2 Å². The number of halogens is 1. The first-order valence-electron chi connectivity index (χ1n) is 5.57. The number of nitrogens with one attached hydrogen (secondary N) is 1. The smallest absolute Gasteiger partial charge is 0.256 e. The molecule has 2 heterocycles. The van der Waals surface area contributed by atoms with Crippen molar-refractivity contribution in [3.63, 3.8) is 0 Å². The topological polar surface area (TPSA) is 59.1 Å². The fourth-order valence-electron chi connectivity index (χ4n) is 1.56. The van der Waals surface area contributed by atoms with Crippen LogP contribution in [0, 0.1) is 0 Å². The Hall–Kier alpha value is -1.72. The van der Waals surface area contributed by atoms with Crippen LogP contribution in [0.25, 0.3) is 0 Å². The van der Waals surface area contributed by atoms with Crippen molar-refractivity contribution in [3.05, 3.63) is 46.3 Å². The third-order valence-electron chi connectivity index (χ3n) is 2.70. The molecule has 1 N–H and O–H groups in total. The van der Waals surface area contributed by atoms with Gasteiger partial charge in [0, 0.05) is 6.20 Å².